The molecule has 0 N–H and O–H groups in total. The van der Waals surface area contributed by atoms with Crippen LogP contribution >= 0.6 is 0 Å². The molecule has 120 valence electrons. The van der Waals surface area contributed by atoms with Gasteiger partial charge in [0.25, 0.3) is 0 Å². The van der Waals surface area contributed by atoms with Crippen LogP contribution < -0.4 is 9.80 Å². The summed E-state index contributed by atoms with van der Waals surface area (Å²) >= 11 is 0. The zero-order valence-electron chi connectivity index (χ0n) is 13.1. The molecule has 1 saturated carbocycles. The van der Waals surface area contributed by atoms with Crippen molar-refractivity contribution < 1.29 is 4.39 Å². The van der Waals surface area contributed by atoms with Crippen LogP contribution in [0.2, 0.25) is 0 Å². The van der Waals surface area contributed by atoms with Crippen molar-refractivity contribution in [3.05, 3.63) is 35.8 Å². The molecule has 23 heavy (non-hydrogen) atoms. The number of hydrogen-bond donors (Lipinski definition) is 0. The summed E-state index contributed by atoms with van der Waals surface area (Å²) in [6, 6.07) is 1.80. The third kappa shape index (κ3) is 2.83. The van der Waals surface area contributed by atoms with E-state index in [1.807, 2.05) is 4.90 Å². The van der Waals surface area contributed by atoms with E-state index in [0.29, 0.717) is 30.5 Å². The van der Waals surface area contributed by atoms with Crippen molar-refractivity contribution in [2.75, 3.05) is 36.0 Å². The summed E-state index contributed by atoms with van der Waals surface area (Å²) in [6.45, 7) is 4.64. The summed E-state index contributed by atoms with van der Waals surface area (Å²) < 4.78 is 14.5. The first-order valence-corrected chi connectivity index (χ1v) is 8.03. The van der Waals surface area contributed by atoms with Crippen molar-refractivity contribution in [1.82, 2.24) is 19.9 Å². The van der Waals surface area contributed by atoms with Crippen LogP contribution in [0.4, 0.5) is 16.2 Å². The average molecular weight is 314 g/mol. The number of hydrogen-bond acceptors (Lipinski definition) is 6. The molecule has 1 aliphatic carbocycles. The fourth-order valence-corrected chi connectivity index (χ4v) is 2.87. The highest BCUT2D eigenvalue weighted by atomic mass is 19.1. The lowest BCUT2D eigenvalue weighted by molar-refractivity contribution is 0.567. The van der Waals surface area contributed by atoms with Gasteiger partial charge >= 0.3 is 0 Å². The van der Waals surface area contributed by atoms with E-state index in [9.17, 15) is 4.39 Å². The Morgan fingerprint density at radius 1 is 1.00 bits per heavy atom. The molecule has 3 heterocycles. The Morgan fingerprint density at radius 3 is 2.30 bits per heavy atom. The van der Waals surface area contributed by atoms with Gasteiger partial charge in [-0.15, -0.1) is 0 Å². The quantitative estimate of drug-likeness (QED) is 0.863. The second kappa shape index (κ2) is 5.72. The van der Waals surface area contributed by atoms with Crippen LogP contribution in [-0.2, 0) is 0 Å². The molecule has 7 heteroatoms. The van der Waals surface area contributed by atoms with Crippen molar-refractivity contribution in [3.63, 3.8) is 0 Å². The highest BCUT2D eigenvalue weighted by molar-refractivity contribution is 5.45. The molecule has 0 spiro atoms. The van der Waals surface area contributed by atoms with Crippen molar-refractivity contribution in [1.29, 1.82) is 0 Å². The highest BCUT2D eigenvalue weighted by Crippen LogP contribution is 2.39. The van der Waals surface area contributed by atoms with Crippen molar-refractivity contribution in [3.8, 4) is 0 Å². The Labute approximate surface area is 134 Å². The van der Waals surface area contributed by atoms with E-state index in [4.69, 9.17) is 0 Å². The number of nitrogens with zero attached hydrogens (tertiary/aromatic N) is 6. The zero-order chi connectivity index (χ0) is 15.8. The number of rotatable bonds is 3. The summed E-state index contributed by atoms with van der Waals surface area (Å²) in [5.41, 5.74) is 0.450. The van der Waals surface area contributed by atoms with Crippen LogP contribution in [-0.4, -0.2) is 46.1 Å². The fraction of sp³-hybridized carbons (Fsp3) is 0.500. The van der Waals surface area contributed by atoms with Gasteiger partial charge < -0.3 is 9.80 Å². The molecule has 1 aliphatic heterocycles. The Bertz CT molecular complexity index is 695. The predicted molar refractivity (Wildman–Crippen MR) is 85.2 cm³/mol. The van der Waals surface area contributed by atoms with Crippen LogP contribution in [0.25, 0.3) is 0 Å². The third-order valence-corrected chi connectivity index (χ3v) is 4.37. The highest BCUT2D eigenvalue weighted by Gasteiger charge is 2.30. The topological polar surface area (TPSA) is 58.0 Å². The standard InChI is InChI=1S/C16H19FN6/c1-11-13(17)15(21-14(20-11)12-3-4-12)22-7-9-23(10-8-22)16-18-5-2-6-19-16/h2,5-6,12H,3-4,7-10H2,1H3. The van der Waals surface area contributed by atoms with Gasteiger partial charge in [0.2, 0.25) is 5.95 Å². The summed E-state index contributed by atoms with van der Waals surface area (Å²) in [5, 5.41) is 0. The number of anilines is 2. The lowest BCUT2D eigenvalue weighted by atomic mass is 10.2. The summed E-state index contributed by atoms with van der Waals surface area (Å²) in [7, 11) is 0. The van der Waals surface area contributed by atoms with E-state index >= 15 is 0 Å². The Morgan fingerprint density at radius 2 is 1.65 bits per heavy atom. The molecule has 0 atom stereocenters. The molecule has 0 bridgehead atoms. The molecule has 0 unspecified atom stereocenters. The van der Waals surface area contributed by atoms with E-state index in [1.165, 1.54) is 0 Å². The normalized spacial score (nSPS) is 18.3. The van der Waals surface area contributed by atoms with Gasteiger partial charge in [0, 0.05) is 44.5 Å². The third-order valence-electron chi connectivity index (χ3n) is 4.37. The number of aromatic nitrogens is 4. The van der Waals surface area contributed by atoms with E-state index in [-0.39, 0.29) is 5.82 Å². The first kappa shape index (κ1) is 14.3. The lowest BCUT2D eigenvalue weighted by Crippen LogP contribution is -2.47. The van der Waals surface area contributed by atoms with Crippen LogP contribution in [0, 0.1) is 12.7 Å². The van der Waals surface area contributed by atoms with Gasteiger partial charge in [0.05, 0.1) is 5.69 Å². The van der Waals surface area contributed by atoms with Gasteiger partial charge in [0.1, 0.15) is 5.82 Å². The first-order valence-electron chi connectivity index (χ1n) is 8.03. The van der Waals surface area contributed by atoms with Gasteiger partial charge in [-0.05, 0) is 25.8 Å². The van der Waals surface area contributed by atoms with Crippen molar-refractivity contribution in [2.24, 2.45) is 0 Å². The maximum atomic E-state index is 14.5. The van der Waals surface area contributed by atoms with Crippen LogP contribution in [0.15, 0.2) is 18.5 Å². The van der Waals surface area contributed by atoms with E-state index in [1.54, 1.807) is 25.4 Å². The van der Waals surface area contributed by atoms with Crippen LogP contribution in [0.1, 0.15) is 30.3 Å². The molecule has 2 aromatic heterocycles. The minimum Gasteiger partial charge on any atom is -0.351 e. The maximum absolute atomic E-state index is 14.5. The lowest BCUT2D eigenvalue weighted by Gasteiger charge is -2.35. The van der Waals surface area contributed by atoms with Crippen LogP contribution in [0.5, 0.6) is 0 Å². The largest absolute Gasteiger partial charge is 0.351 e. The number of halogens is 1. The molecule has 0 radical (unpaired) electrons. The molecule has 2 aliphatic rings. The van der Waals surface area contributed by atoms with Gasteiger partial charge in [-0.1, -0.05) is 0 Å². The van der Waals surface area contributed by atoms with Gasteiger partial charge in [-0.3, -0.25) is 0 Å². The molecule has 2 aromatic rings. The van der Waals surface area contributed by atoms with E-state index in [0.717, 1.165) is 37.7 Å². The smallest absolute Gasteiger partial charge is 0.225 e. The minimum atomic E-state index is -0.293. The Balaban J connectivity index is 1.52. The maximum Gasteiger partial charge on any atom is 0.225 e. The average Bonchev–Trinajstić information content (AvgIpc) is 3.43. The molecular formula is C16H19FN6. The SMILES string of the molecule is Cc1nc(C2CC2)nc(N2CCN(c3ncccn3)CC2)c1F. The summed E-state index contributed by atoms with van der Waals surface area (Å²) in [5.74, 6) is 2.11. The fourth-order valence-electron chi connectivity index (χ4n) is 2.87. The molecule has 0 amide bonds. The van der Waals surface area contributed by atoms with Crippen LogP contribution in [0.3, 0.4) is 0 Å². The van der Waals surface area contributed by atoms with Crippen molar-refractivity contribution >= 4 is 11.8 Å². The number of piperazine rings is 1. The molecule has 6 nitrogen and oxygen atoms in total. The first-order chi connectivity index (χ1) is 11.2. The second-order valence-corrected chi connectivity index (χ2v) is 6.10. The molecule has 1 saturated heterocycles. The van der Waals surface area contributed by atoms with Gasteiger partial charge in [0.15, 0.2) is 11.6 Å². The molecule has 2 fully saturated rings. The van der Waals surface area contributed by atoms with E-state index < -0.39 is 0 Å². The second-order valence-electron chi connectivity index (χ2n) is 6.10. The molecular weight excluding hydrogens is 295 g/mol. The molecule has 4 rings (SSSR count). The van der Waals surface area contributed by atoms with Crippen molar-refractivity contribution in [2.45, 2.75) is 25.7 Å². The minimum absolute atomic E-state index is 0.293. The summed E-state index contributed by atoms with van der Waals surface area (Å²) in [6.07, 6.45) is 5.71. The number of aryl methyl sites for hydroxylation is 1. The monoisotopic (exact) mass is 314 g/mol. The van der Waals surface area contributed by atoms with Gasteiger partial charge in [-0.2, -0.15) is 0 Å². The Hall–Kier alpha value is -2.31. The molecule has 0 aromatic carbocycles. The van der Waals surface area contributed by atoms with Gasteiger partial charge in [-0.25, -0.2) is 24.3 Å². The zero-order valence-corrected chi connectivity index (χ0v) is 13.1. The Kier molecular flexibility index (Phi) is 3.55. The van der Waals surface area contributed by atoms with E-state index in [2.05, 4.69) is 24.8 Å². The summed E-state index contributed by atoms with van der Waals surface area (Å²) in [4.78, 5) is 21.5. The predicted octanol–water partition coefficient (Wildman–Crippen LogP) is 1.92.